The van der Waals surface area contributed by atoms with Crippen LogP contribution in [0.4, 0.5) is 0 Å². The molecule has 2 aromatic heterocycles. The topological polar surface area (TPSA) is 46.1 Å². The summed E-state index contributed by atoms with van der Waals surface area (Å²) in [7, 11) is 0. The third kappa shape index (κ3) is 3.88. The summed E-state index contributed by atoms with van der Waals surface area (Å²) in [5.74, 6) is 0.419. The van der Waals surface area contributed by atoms with Gasteiger partial charge in [0, 0.05) is 37.9 Å². The first-order valence-corrected chi connectivity index (χ1v) is 6.75. The van der Waals surface area contributed by atoms with Crippen LogP contribution in [0.2, 0.25) is 0 Å². The molecule has 0 aliphatic rings. The Balaban J connectivity index is 2.17. The van der Waals surface area contributed by atoms with E-state index in [1.165, 1.54) is 0 Å². The third-order valence-corrected chi connectivity index (χ3v) is 2.88. The van der Waals surface area contributed by atoms with Gasteiger partial charge in [0.2, 0.25) is 0 Å². The third-order valence-electron chi connectivity index (χ3n) is 2.88. The highest BCUT2D eigenvalue weighted by Gasteiger charge is 2.17. The molecule has 0 aliphatic carbocycles. The van der Waals surface area contributed by atoms with Crippen LogP contribution in [0.1, 0.15) is 29.8 Å². The quantitative estimate of drug-likeness (QED) is 0.838. The zero-order valence-corrected chi connectivity index (χ0v) is 11.9. The molecular weight excluding hydrogens is 250 g/mol. The van der Waals surface area contributed by atoms with Crippen LogP contribution in [0, 0.1) is 5.92 Å². The molecule has 0 saturated heterocycles. The lowest BCUT2D eigenvalue weighted by molar-refractivity contribution is 0.0722. The van der Waals surface area contributed by atoms with Crippen LogP contribution in [-0.4, -0.2) is 27.3 Å². The van der Waals surface area contributed by atoms with Crippen LogP contribution < -0.4 is 0 Å². The molecule has 0 atom stereocenters. The van der Waals surface area contributed by atoms with E-state index in [0.29, 0.717) is 24.6 Å². The molecule has 0 saturated carbocycles. The molecule has 2 heterocycles. The maximum atomic E-state index is 12.6. The van der Waals surface area contributed by atoms with Crippen LogP contribution in [0.3, 0.4) is 0 Å². The number of hydrogen-bond acceptors (Lipinski definition) is 3. The lowest BCUT2D eigenvalue weighted by atomic mass is 10.1. The Morgan fingerprint density at radius 1 is 1.15 bits per heavy atom. The van der Waals surface area contributed by atoms with Crippen molar-refractivity contribution >= 4 is 5.91 Å². The summed E-state index contributed by atoms with van der Waals surface area (Å²) < 4.78 is 0. The Labute approximate surface area is 119 Å². The van der Waals surface area contributed by atoms with Crippen molar-refractivity contribution in [2.24, 2.45) is 5.92 Å². The fourth-order valence-electron chi connectivity index (χ4n) is 2.04. The van der Waals surface area contributed by atoms with E-state index in [0.717, 1.165) is 5.56 Å². The first-order valence-electron chi connectivity index (χ1n) is 6.75. The number of carbonyl (C=O) groups excluding carboxylic acids is 1. The highest BCUT2D eigenvalue weighted by molar-refractivity contribution is 5.93. The van der Waals surface area contributed by atoms with Crippen molar-refractivity contribution in [1.29, 1.82) is 0 Å². The van der Waals surface area contributed by atoms with E-state index in [-0.39, 0.29) is 5.91 Å². The summed E-state index contributed by atoms with van der Waals surface area (Å²) in [5.41, 5.74) is 1.66. The van der Waals surface area contributed by atoms with E-state index in [1.807, 2.05) is 17.0 Å². The number of hydrogen-bond donors (Lipinski definition) is 0. The summed E-state index contributed by atoms with van der Waals surface area (Å²) >= 11 is 0. The van der Waals surface area contributed by atoms with Crippen LogP contribution in [0.15, 0.2) is 49.1 Å². The lowest BCUT2D eigenvalue weighted by Gasteiger charge is -2.24. The van der Waals surface area contributed by atoms with Crippen molar-refractivity contribution in [2.75, 3.05) is 6.54 Å². The van der Waals surface area contributed by atoms with Gasteiger partial charge < -0.3 is 4.90 Å². The molecule has 0 bridgehead atoms. The van der Waals surface area contributed by atoms with Gasteiger partial charge in [-0.25, -0.2) is 0 Å². The highest BCUT2D eigenvalue weighted by Crippen LogP contribution is 2.11. The first-order chi connectivity index (χ1) is 9.66. The monoisotopic (exact) mass is 269 g/mol. The Morgan fingerprint density at radius 3 is 2.40 bits per heavy atom. The minimum Gasteiger partial charge on any atom is -0.334 e. The second kappa shape index (κ2) is 6.80. The van der Waals surface area contributed by atoms with Gasteiger partial charge in [-0.05, 0) is 29.7 Å². The van der Waals surface area contributed by atoms with E-state index >= 15 is 0 Å². The lowest BCUT2D eigenvalue weighted by Crippen LogP contribution is -2.33. The van der Waals surface area contributed by atoms with Crippen molar-refractivity contribution in [3.05, 3.63) is 60.2 Å². The van der Waals surface area contributed by atoms with E-state index in [1.54, 1.807) is 36.9 Å². The Kier molecular flexibility index (Phi) is 4.82. The predicted octanol–water partition coefficient (Wildman–Crippen LogP) is 2.78. The van der Waals surface area contributed by atoms with Gasteiger partial charge in [-0.15, -0.1) is 0 Å². The van der Waals surface area contributed by atoms with E-state index in [9.17, 15) is 4.79 Å². The van der Waals surface area contributed by atoms with Gasteiger partial charge in [0.15, 0.2) is 0 Å². The summed E-state index contributed by atoms with van der Waals surface area (Å²) in [4.78, 5) is 22.5. The first kappa shape index (κ1) is 14.2. The molecule has 0 spiro atoms. The molecule has 1 amide bonds. The van der Waals surface area contributed by atoms with Crippen LogP contribution in [0.5, 0.6) is 0 Å². The largest absolute Gasteiger partial charge is 0.334 e. The Bertz CT molecular complexity index is 540. The molecule has 4 heteroatoms. The molecule has 0 radical (unpaired) electrons. The minimum absolute atomic E-state index is 0.00986. The maximum absolute atomic E-state index is 12.6. The minimum atomic E-state index is 0.00986. The highest BCUT2D eigenvalue weighted by atomic mass is 16.2. The smallest absolute Gasteiger partial charge is 0.255 e. The SMILES string of the molecule is CC(C)CN(Cc1cccnc1)C(=O)c1cccnc1. The van der Waals surface area contributed by atoms with Crippen molar-refractivity contribution in [3.8, 4) is 0 Å². The molecular formula is C16H19N3O. The molecule has 20 heavy (non-hydrogen) atoms. The molecule has 2 aromatic rings. The zero-order chi connectivity index (χ0) is 14.4. The summed E-state index contributed by atoms with van der Waals surface area (Å²) in [6.45, 7) is 5.49. The number of rotatable bonds is 5. The van der Waals surface area contributed by atoms with Gasteiger partial charge in [-0.3, -0.25) is 14.8 Å². The maximum Gasteiger partial charge on any atom is 0.255 e. The zero-order valence-electron chi connectivity index (χ0n) is 11.9. The molecule has 0 unspecified atom stereocenters. The van der Waals surface area contributed by atoms with Gasteiger partial charge in [-0.2, -0.15) is 0 Å². The van der Waals surface area contributed by atoms with Crippen molar-refractivity contribution in [2.45, 2.75) is 20.4 Å². The number of nitrogens with zero attached hydrogens (tertiary/aromatic N) is 3. The van der Waals surface area contributed by atoms with Crippen LogP contribution in [-0.2, 0) is 6.54 Å². The average molecular weight is 269 g/mol. The summed E-state index contributed by atoms with van der Waals surface area (Å²) in [5, 5.41) is 0. The standard InChI is InChI=1S/C16H19N3O/c1-13(2)11-19(12-14-5-3-7-17-9-14)16(20)15-6-4-8-18-10-15/h3-10,13H,11-12H2,1-2H3. The normalized spacial score (nSPS) is 10.6. The van der Waals surface area contributed by atoms with E-state index in [4.69, 9.17) is 0 Å². The molecule has 0 fully saturated rings. The number of aromatic nitrogens is 2. The Hall–Kier alpha value is -2.23. The molecule has 0 aliphatic heterocycles. The fourth-order valence-corrected chi connectivity index (χ4v) is 2.04. The van der Waals surface area contributed by atoms with Gasteiger partial charge in [0.1, 0.15) is 0 Å². The average Bonchev–Trinajstić information content (AvgIpc) is 2.47. The molecule has 0 aromatic carbocycles. The molecule has 2 rings (SSSR count). The van der Waals surface area contributed by atoms with Gasteiger partial charge >= 0.3 is 0 Å². The number of carbonyl (C=O) groups is 1. The van der Waals surface area contributed by atoms with Crippen LogP contribution >= 0.6 is 0 Å². The number of amides is 1. The van der Waals surface area contributed by atoms with Crippen molar-refractivity contribution in [3.63, 3.8) is 0 Å². The van der Waals surface area contributed by atoms with Gasteiger partial charge in [-0.1, -0.05) is 19.9 Å². The summed E-state index contributed by atoms with van der Waals surface area (Å²) in [6, 6.07) is 7.45. The number of pyridine rings is 2. The van der Waals surface area contributed by atoms with Gasteiger partial charge in [0.05, 0.1) is 5.56 Å². The second-order valence-electron chi connectivity index (χ2n) is 5.18. The molecule has 4 nitrogen and oxygen atoms in total. The van der Waals surface area contributed by atoms with Crippen molar-refractivity contribution in [1.82, 2.24) is 14.9 Å². The predicted molar refractivity (Wildman–Crippen MR) is 78.1 cm³/mol. The molecule has 0 N–H and O–H groups in total. The summed E-state index contributed by atoms with van der Waals surface area (Å²) in [6.07, 6.45) is 6.81. The van der Waals surface area contributed by atoms with Crippen molar-refractivity contribution < 1.29 is 4.79 Å². The second-order valence-corrected chi connectivity index (χ2v) is 5.18. The fraction of sp³-hybridized carbons (Fsp3) is 0.312. The van der Waals surface area contributed by atoms with E-state index in [2.05, 4.69) is 23.8 Å². The van der Waals surface area contributed by atoms with Crippen LogP contribution in [0.25, 0.3) is 0 Å². The van der Waals surface area contributed by atoms with Gasteiger partial charge in [0.25, 0.3) is 5.91 Å². The molecule has 104 valence electrons. The Morgan fingerprint density at radius 2 is 1.85 bits per heavy atom. The van der Waals surface area contributed by atoms with E-state index < -0.39 is 0 Å².